The highest BCUT2D eigenvalue weighted by atomic mass is 19.1. The number of para-hydroxylation sites is 2. The van der Waals surface area contributed by atoms with E-state index in [2.05, 4.69) is 21.2 Å². The van der Waals surface area contributed by atoms with Crippen LogP contribution in [-0.2, 0) is 14.4 Å². The number of benzene rings is 3. The number of ether oxygens (including phenoxy) is 1. The maximum absolute atomic E-state index is 13.5. The summed E-state index contributed by atoms with van der Waals surface area (Å²) in [6.07, 6.45) is 1.30. The highest BCUT2D eigenvalue weighted by molar-refractivity contribution is 6.39. The number of halogens is 1. The maximum atomic E-state index is 13.5. The van der Waals surface area contributed by atoms with E-state index in [0.29, 0.717) is 17.0 Å². The molecule has 3 amide bonds. The molecule has 162 valence electrons. The Morgan fingerprint density at radius 1 is 0.875 bits per heavy atom. The molecule has 3 aromatic carbocycles. The van der Waals surface area contributed by atoms with Crippen molar-refractivity contribution < 1.29 is 23.5 Å². The van der Waals surface area contributed by atoms with Gasteiger partial charge in [-0.1, -0.05) is 42.5 Å². The number of hydrazone groups is 1. The summed E-state index contributed by atoms with van der Waals surface area (Å²) in [4.78, 5) is 35.6. The van der Waals surface area contributed by atoms with E-state index >= 15 is 0 Å². The van der Waals surface area contributed by atoms with Crippen LogP contribution >= 0.6 is 0 Å². The van der Waals surface area contributed by atoms with Gasteiger partial charge < -0.3 is 15.4 Å². The third-order valence-corrected chi connectivity index (χ3v) is 3.99. The van der Waals surface area contributed by atoms with Gasteiger partial charge in [0.05, 0.1) is 11.9 Å². The van der Waals surface area contributed by atoms with Crippen molar-refractivity contribution in [2.24, 2.45) is 5.10 Å². The third kappa shape index (κ3) is 6.77. The Labute approximate surface area is 183 Å². The molecular formula is C23H19FN4O4. The standard InChI is InChI=1S/C23H19FN4O4/c24-19-11-4-5-12-20(19)27-22(30)23(31)28-25-14-16-7-6-10-18(13-16)32-15-21(29)26-17-8-2-1-3-9-17/h1-14H,15H2,(H,26,29)(H,27,30)(H,28,31)/b25-14-. The summed E-state index contributed by atoms with van der Waals surface area (Å²) in [5, 5.41) is 8.57. The van der Waals surface area contributed by atoms with E-state index < -0.39 is 17.6 Å². The van der Waals surface area contributed by atoms with E-state index in [0.717, 1.165) is 6.07 Å². The van der Waals surface area contributed by atoms with Crippen LogP contribution in [0.25, 0.3) is 0 Å². The van der Waals surface area contributed by atoms with E-state index in [1.807, 2.05) is 18.2 Å². The Morgan fingerprint density at radius 3 is 2.41 bits per heavy atom. The molecule has 9 heteroatoms. The molecule has 0 unspecified atom stereocenters. The summed E-state index contributed by atoms with van der Waals surface area (Å²) >= 11 is 0. The average Bonchev–Trinajstić information content (AvgIpc) is 2.80. The van der Waals surface area contributed by atoms with Crippen LogP contribution < -0.4 is 20.8 Å². The number of nitrogens with one attached hydrogen (secondary N) is 3. The second-order valence-corrected chi connectivity index (χ2v) is 6.41. The first kappa shape index (κ1) is 22.2. The maximum Gasteiger partial charge on any atom is 0.329 e. The van der Waals surface area contributed by atoms with Gasteiger partial charge in [0, 0.05) is 5.69 Å². The van der Waals surface area contributed by atoms with Crippen molar-refractivity contribution in [2.45, 2.75) is 0 Å². The number of nitrogens with zero attached hydrogens (tertiary/aromatic N) is 1. The van der Waals surface area contributed by atoms with Gasteiger partial charge in [0.25, 0.3) is 5.91 Å². The number of anilines is 2. The first-order valence-electron chi connectivity index (χ1n) is 9.48. The molecule has 0 fully saturated rings. The number of carbonyl (C=O) groups is 3. The van der Waals surface area contributed by atoms with Crippen molar-refractivity contribution in [1.82, 2.24) is 5.43 Å². The number of rotatable bonds is 7. The monoisotopic (exact) mass is 434 g/mol. The number of hydrogen-bond acceptors (Lipinski definition) is 5. The van der Waals surface area contributed by atoms with Gasteiger partial charge in [-0.3, -0.25) is 14.4 Å². The fourth-order valence-corrected chi connectivity index (χ4v) is 2.51. The summed E-state index contributed by atoms with van der Waals surface area (Å²) in [5.74, 6) is -2.68. The van der Waals surface area contributed by atoms with Gasteiger partial charge in [0.1, 0.15) is 11.6 Å². The molecule has 3 rings (SSSR count). The fraction of sp³-hybridized carbons (Fsp3) is 0.0435. The first-order chi connectivity index (χ1) is 15.5. The molecule has 0 radical (unpaired) electrons. The van der Waals surface area contributed by atoms with Crippen LogP contribution in [0.3, 0.4) is 0 Å². The fourth-order valence-electron chi connectivity index (χ4n) is 2.51. The molecule has 0 saturated carbocycles. The summed E-state index contributed by atoms with van der Waals surface area (Å²) in [7, 11) is 0. The van der Waals surface area contributed by atoms with Crippen molar-refractivity contribution in [3.63, 3.8) is 0 Å². The first-order valence-corrected chi connectivity index (χ1v) is 9.48. The Balaban J connectivity index is 1.48. The van der Waals surface area contributed by atoms with Gasteiger partial charge in [-0.25, -0.2) is 9.82 Å². The van der Waals surface area contributed by atoms with Crippen LogP contribution in [0, 0.1) is 5.82 Å². The summed E-state index contributed by atoms with van der Waals surface area (Å²) in [5.41, 5.74) is 3.17. The third-order valence-electron chi connectivity index (χ3n) is 3.99. The predicted molar refractivity (Wildman–Crippen MR) is 118 cm³/mol. The van der Waals surface area contributed by atoms with E-state index in [9.17, 15) is 18.8 Å². The van der Waals surface area contributed by atoms with Crippen LogP contribution in [0.1, 0.15) is 5.56 Å². The van der Waals surface area contributed by atoms with Gasteiger partial charge in [0.15, 0.2) is 6.61 Å². The lowest BCUT2D eigenvalue weighted by atomic mass is 10.2. The molecule has 3 N–H and O–H groups in total. The van der Waals surface area contributed by atoms with E-state index in [-0.39, 0.29) is 18.2 Å². The molecule has 32 heavy (non-hydrogen) atoms. The predicted octanol–water partition coefficient (Wildman–Crippen LogP) is 2.93. The second kappa shape index (κ2) is 11.0. The van der Waals surface area contributed by atoms with Gasteiger partial charge in [-0.2, -0.15) is 5.10 Å². The Hall–Kier alpha value is -4.53. The van der Waals surface area contributed by atoms with Crippen LogP contribution in [0.2, 0.25) is 0 Å². The normalized spacial score (nSPS) is 10.4. The SMILES string of the molecule is O=C(COc1cccc(/C=N\NC(=O)C(=O)Nc2ccccc2F)c1)Nc1ccccc1. The molecule has 0 aliphatic carbocycles. The molecule has 3 aromatic rings. The van der Waals surface area contributed by atoms with Crippen molar-refractivity contribution >= 4 is 35.3 Å². The lowest BCUT2D eigenvalue weighted by Gasteiger charge is -2.08. The van der Waals surface area contributed by atoms with Crippen molar-refractivity contribution in [1.29, 1.82) is 0 Å². The molecular weight excluding hydrogens is 415 g/mol. The van der Waals surface area contributed by atoms with Crippen LogP contribution in [-0.4, -0.2) is 30.5 Å². The number of carbonyl (C=O) groups excluding carboxylic acids is 3. The Morgan fingerprint density at radius 2 is 1.62 bits per heavy atom. The van der Waals surface area contributed by atoms with Crippen LogP contribution in [0.15, 0.2) is 84.0 Å². The number of hydrogen-bond donors (Lipinski definition) is 3. The van der Waals surface area contributed by atoms with Crippen molar-refractivity contribution in [2.75, 3.05) is 17.2 Å². The Kier molecular flexibility index (Phi) is 7.63. The molecule has 0 aliphatic rings. The van der Waals surface area contributed by atoms with Crippen LogP contribution in [0.5, 0.6) is 5.75 Å². The molecule has 0 saturated heterocycles. The van der Waals surface area contributed by atoms with E-state index in [1.165, 1.54) is 24.4 Å². The zero-order valence-corrected chi connectivity index (χ0v) is 16.7. The molecule has 0 spiro atoms. The average molecular weight is 434 g/mol. The van der Waals surface area contributed by atoms with E-state index in [1.54, 1.807) is 36.4 Å². The molecule has 0 atom stereocenters. The minimum Gasteiger partial charge on any atom is -0.484 e. The summed E-state index contributed by atoms with van der Waals surface area (Å²) in [6.45, 7) is -0.192. The number of amides is 3. The van der Waals surface area contributed by atoms with Gasteiger partial charge in [0.2, 0.25) is 0 Å². The lowest BCUT2D eigenvalue weighted by molar-refractivity contribution is -0.136. The molecule has 0 heterocycles. The topological polar surface area (TPSA) is 109 Å². The van der Waals surface area contributed by atoms with Crippen LogP contribution in [0.4, 0.5) is 15.8 Å². The Bertz CT molecular complexity index is 1140. The molecule has 8 nitrogen and oxygen atoms in total. The highest BCUT2D eigenvalue weighted by Gasteiger charge is 2.14. The smallest absolute Gasteiger partial charge is 0.329 e. The van der Waals surface area contributed by atoms with Gasteiger partial charge >= 0.3 is 11.8 Å². The largest absolute Gasteiger partial charge is 0.484 e. The quantitative estimate of drug-likeness (QED) is 0.302. The van der Waals surface area contributed by atoms with Crippen molar-refractivity contribution in [3.05, 3.63) is 90.2 Å². The second-order valence-electron chi connectivity index (χ2n) is 6.41. The molecule has 0 aliphatic heterocycles. The van der Waals surface area contributed by atoms with Gasteiger partial charge in [-0.15, -0.1) is 0 Å². The van der Waals surface area contributed by atoms with Crippen molar-refractivity contribution in [3.8, 4) is 5.75 Å². The molecule has 0 bridgehead atoms. The zero-order valence-electron chi connectivity index (χ0n) is 16.7. The lowest BCUT2D eigenvalue weighted by Crippen LogP contribution is -2.32. The molecule has 0 aromatic heterocycles. The highest BCUT2D eigenvalue weighted by Crippen LogP contribution is 2.13. The van der Waals surface area contributed by atoms with Gasteiger partial charge in [-0.05, 0) is 42.0 Å². The zero-order chi connectivity index (χ0) is 22.8. The minimum atomic E-state index is -1.06. The summed E-state index contributed by atoms with van der Waals surface area (Å²) in [6, 6.07) is 21.1. The van der Waals surface area contributed by atoms with E-state index in [4.69, 9.17) is 4.74 Å². The summed E-state index contributed by atoms with van der Waals surface area (Å²) < 4.78 is 19.0. The minimum absolute atomic E-state index is 0.113.